The summed E-state index contributed by atoms with van der Waals surface area (Å²) >= 11 is 0. The van der Waals surface area contributed by atoms with Crippen LogP contribution in [0.1, 0.15) is 11.1 Å². The van der Waals surface area contributed by atoms with Crippen molar-refractivity contribution in [3.63, 3.8) is 0 Å². The van der Waals surface area contributed by atoms with Crippen molar-refractivity contribution >= 4 is 0 Å². The van der Waals surface area contributed by atoms with E-state index in [0.717, 1.165) is 17.4 Å². The van der Waals surface area contributed by atoms with E-state index in [0.29, 0.717) is 18.4 Å². The van der Waals surface area contributed by atoms with Gasteiger partial charge in [-0.05, 0) is 36.1 Å². The van der Waals surface area contributed by atoms with Crippen LogP contribution in [0.15, 0.2) is 42.5 Å². The average molecular weight is 277 g/mol. The van der Waals surface area contributed by atoms with Gasteiger partial charge in [0.1, 0.15) is 17.4 Å². The van der Waals surface area contributed by atoms with Crippen molar-refractivity contribution in [2.45, 2.75) is 18.9 Å². The van der Waals surface area contributed by atoms with E-state index in [9.17, 15) is 8.78 Å². The maximum Gasteiger partial charge on any atom is 0.129 e. The van der Waals surface area contributed by atoms with Crippen LogP contribution in [-0.4, -0.2) is 13.2 Å². The number of ether oxygens (including phenoxy) is 1. The van der Waals surface area contributed by atoms with Gasteiger partial charge in [0, 0.05) is 12.1 Å². The number of benzene rings is 2. The van der Waals surface area contributed by atoms with Gasteiger partial charge in [0.25, 0.3) is 0 Å². The van der Waals surface area contributed by atoms with Gasteiger partial charge < -0.3 is 10.5 Å². The summed E-state index contributed by atoms with van der Waals surface area (Å²) in [6, 6.07) is 10.9. The highest BCUT2D eigenvalue weighted by Crippen LogP contribution is 2.20. The molecule has 0 saturated carbocycles. The van der Waals surface area contributed by atoms with Crippen molar-refractivity contribution in [2.24, 2.45) is 5.73 Å². The van der Waals surface area contributed by atoms with Crippen molar-refractivity contribution in [3.8, 4) is 5.75 Å². The summed E-state index contributed by atoms with van der Waals surface area (Å²) in [6.07, 6.45) is 0.922. The summed E-state index contributed by atoms with van der Waals surface area (Å²) in [5.41, 5.74) is 7.45. The minimum atomic E-state index is -0.579. The second-order valence-corrected chi connectivity index (χ2v) is 4.72. The molecule has 20 heavy (non-hydrogen) atoms. The molecule has 0 aliphatic heterocycles. The largest absolute Gasteiger partial charge is 0.496 e. The Morgan fingerprint density at radius 1 is 1.05 bits per heavy atom. The third-order valence-electron chi connectivity index (χ3n) is 3.17. The Hall–Kier alpha value is -1.94. The van der Waals surface area contributed by atoms with Crippen molar-refractivity contribution < 1.29 is 13.5 Å². The molecule has 2 aromatic carbocycles. The van der Waals surface area contributed by atoms with Gasteiger partial charge in [0.15, 0.2) is 0 Å². The van der Waals surface area contributed by atoms with E-state index in [2.05, 4.69) is 0 Å². The Kier molecular flexibility index (Phi) is 4.69. The molecule has 2 rings (SSSR count). The number of para-hydroxylation sites is 1. The van der Waals surface area contributed by atoms with Crippen LogP contribution in [0, 0.1) is 11.6 Å². The standard InChI is InChI=1S/C16H17F2NO/c1-20-16-5-3-2-4-12(16)9-14(19)8-11-6-7-13(17)10-15(11)18/h2-7,10,14H,8-9,19H2,1H3. The molecule has 0 spiro atoms. The molecule has 2 N–H and O–H groups in total. The molecule has 0 aliphatic rings. The number of methoxy groups -OCH3 is 1. The number of hydrogen-bond donors (Lipinski definition) is 1. The molecule has 0 amide bonds. The minimum absolute atomic E-state index is 0.258. The molecule has 4 heteroatoms. The molecule has 2 nitrogen and oxygen atoms in total. The summed E-state index contributed by atoms with van der Waals surface area (Å²) in [5.74, 6) is -0.368. The summed E-state index contributed by atoms with van der Waals surface area (Å²) in [5, 5.41) is 0. The first kappa shape index (κ1) is 14.5. The zero-order valence-corrected chi connectivity index (χ0v) is 11.3. The molecule has 0 radical (unpaired) electrons. The van der Waals surface area contributed by atoms with E-state index in [1.54, 1.807) is 7.11 Å². The minimum Gasteiger partial charge on any atom is -0.496 e. The van der Waals surface area contributed by atoms with Gasteiger partial charge in [-0.25, -0.2) is 8.78 Å². The van der Waals surface area contributed by atoms with Crippen LogP contribution in [0.25, 0.3) is 0 Å². The van der Waals surface area contributed by atoms with Crippen LogP contribution in [0.4, 0.5) is 8.78 Å². The van der Waals surface area contributed by atoms with Crippen molar-refractivity contribution in [1.82, 2.24) is 0 Å². The Morgan fingerprint density at radius 3 is 2.45 bits per heavy atom. The van der Waals surface area contributed by atoms with Gasteiger partial charge in [0.05, 0.1) is 7.11 Å². The first-order valence-corrected chi connectivity index (χ1v) is 6.41. The molecule has 0 aromatic heterocycles. The fraction of sp³-hybridized carbons (Fsp3) is 0.250. The predicted octanol–water partition coefficient (Wildman–Crippen LogP) is 3.09. The highest BCUT2D eigenvalue weighted by Gasteiger charge is 2.12. The molecular formula is C16H17F2NO. The van der Waals surface area contributed by atoms with Gasteiger partial charge >= 0.3 is 0 Å². The predicted molar refractivity (Wildman–Crippen MR) is 74.7 cm³/mol. The van der Waals surface area contributed by atoms with E-state index in [-0.39, 0.29) is 6.04 Å². The second kappa shape index (κ2) is 6.48. The summed E-state index contributed by atoms with van der Waals surface area (Å²) in [7, 11) is 1.60. The first-order chi connectivity index (χ1) is 9.60. The van der Waals surface area contributed by atoms with Gasteiger partial charge in [-0.2, -0.15) is 0 Å². The van der Waals surface area contributed by atoms with Crippen LogP contribution < -0.4 is 10.5 Å². The third-order valence-corrected chi connectivity index (χ3v) is 3.17. The van der Waals surface area contributed by atoms with Crippen molar-refractivity contribution in [3.05, 3.63) is 65.2 Å². The highest BCUT2D eigenvalue weighted by molar-refractivity contribution is 5.34. The van der Waals surface area contributed by atoms with Crippen LogP contribution in [0.2, 0.25) is 0 Å². The Bertz CT molecular complexity index is 586. The SMILES string of the molecule is COc1ccccc1CC(N)Cc1ccc(F)cc1F. The normalized spacial score (nSPS) is 12.2. The molecule has 0 bridgehead atoms. The maximum atomic E-state index is 13.6. The molecule has 0 aliphatic carbocycles. The lowest BCUT2D eigenvalue weighted by Gasteiger charge is -2.14. The first-order valence-electron chi connectivity index (χ1n) is 6.41. The van der Waals surface area contributed by atoms with Gasteiger partial charge in [-0.15, -0.1) is 0 Å². The zero-order chi connectivity index (χ0) is 14.5. The van der Waals surface area contributed by atoms with Crippen molar-refractivity contribution in [1.29, 1.82) is 0 Å². The fourth-order valence-corrected chi connectivity index (χ4v) is 2.20. The summed E-state index contributed by atoms with van der Waals surface area (Å²) in [4.78, 5) is 0. The Balaban J connectivity index is 2.07. The number of halogens is 2. The van der Waals surface area contributed by atoms with E-state index in [1.807, 2.05) is 24.3 Å². The number of nitrogens with two attached hydrogens (primary N) is 1. The lowest BCUT2D eigenvalue weighted by Crippen LogP contribution is -2.26. The monoisotopic (exact) mass is 277 g/mol. The lowest BCUT2D eigenvalue weighted by atomic mass is 9.99. The molecule has 0 heterocycles. The second-order valence-electron chi connectivity index (χ2n) is 4.72. The van der Waals surface area contributed by atoms with Crippen LogP contribution >= 0.6 is 0 Å². The van der Waals surface area contributed by atoms with Gasteiger partial charge in [0.2, 0.25) is 0 Å². The van der Waals surface area contributed by atoms with Crippen LogP contribution in [0.5, 0.6) is 5.75 Å². The fourth-order valence-electron chi connectivity index (χ4n) is 2.20. The Labute approximate surface area is 117 Å². The summed E-state index contributed by atoms with van der Waals surface area (Å²) < 4.78 is 31.7. The van der Waals surface area contributed by atoms with Crippen LogP contribution in [-0.2, 0) is 12.8 Å². The molecular weight excluding hydrogens is 260 g/mol. The van der Waals surface area contributed by atoms with E-state index >= 15 is 0 Å². The Morgan fingerprint density at radius 2 is 1.75 bits per heavy atom. The van der Waals surface area contributed by atoms with Crippen LogP contribution in [0.3, 0.4) is 0 Å². The lowest BCUT2D eigenvalue weighted by molar-refractivity contribution is 0.407. The van der Waals surface area contributed by atoms with E-state index in [1.165, 1.54) is 12.1 Å². The molecule has 0 saturated heterocycles. The topological polar surface area (TPSA) is 35.2 Å². The smallest absolute Gasteiger partial charge is 0.129 e. The number of hydrogen-bond acceptors (Lipinski definition) is 2. The molecule has 1 unspecified atom stereocenters. The highest BCUT2D eigenvalue weighted by atomic mass is 19.1. The molecule has 106 valence electrons. The van der Waals surface area contributed by atoms with Gasteiger partial charge in [-0.1, -0.05) is 24.3 Å². The van der Waals surface area contributed by atoms with Gasteiger partial charge in [-0.3, -0.25) is 0 Å². The molecule has 2 aromatic rings. The van der Waals surface area contributed by atoms with Crippen molar-refractivity contribution in [2.75, 3.05) is 7.11 Å². The average Bonchev–Trinajstić information content (AvgIpc) is 2.42. The van der Waals surface area contributed by atoms with E-state index in [4.69, 9.17) is 10.5 Å². The maximum absolute atomic E-state index is 13.6. The summed E-state index contributed by atoms with van der Waals surface area (Å²) in [6.45, 7) is 0. The molecule has 0 fully saturated rings. The third kappa shape index (κ3) is 3.54. The molecule has 1 atom stereocenters. The number of rotatable bonds is 5. The van der Waals surface area contributed by atoms with E-state index < -0.39 is 11.6 Å². The quantitative estimate of drug-likeness (QED) is 0.911. The zero-order valence-electron chi connectivity index (χ0n) is 11.3.